The minimum absolute atomic E-state index is 0.109. The number of benzene rings is 2. The predicted molar refractivity (Wildman–Crippen MR) is 138 cm³/mol. The fourth-order valence-electron chi connectivity index (χ4n) is 4.41. The number of fused-ring (bicyclic) bond motifs is 1. The highest BCUT2D eigenvalue weighted by Crippen LogP contribution is 2.34. The van der Waals surface area contributed by atoms with Gasteiger partial charge in [-0.15, -0.1) is 0 Å². The van der Waals surface area contributed by atoms with Gasteiger partial charge >= 0.3 is 0 Å². The van der Waals surface area contributed by atoms with Crippen LogP contribution in [0.4, 0.5) is 11.5 Å². The Morgan fingerprint density at radius 1 is 1.03 bits per heavy atom. The number of ether oxygens (including phenoxy) is 1. The highest BCUT2D eigenvalue weighted by Gasteiger charge is 2.44. The van der Waals surface area contributed by atoms with Gasteiger partial charge in [0.2, 0.25) is 10.0 Å². The fraction of sp³-hybridized carbons (Fsp3) is 0.320. The molecule has 0 aliphatic carbocycles. The number of anilines is 2. The lowest BCUT2D eigenvalue weighted by molar-refractivity contribution is -0.0511. The SMILES string of the molecule is CCN(c1ccccc1)c1nc(CNS(=O)(=O)c2ccccc2)nc2c1ncn2[C@@H]1O[C@H](CO)[C@@H](O)[C@H]1O. The summed E-state index contributed by atoms with van der Waals surface area (Å²) in [5, 5.41) is 30.4. The van der Waals surface area contributed by atoms with E-state index < -0.39 is 41.2 Å². The second kappa shape index (κ2) is 10.7. The minimum atomic E-state index is -3.83. The van der Waals surface area contributed by atoms with Crippen LogP contribution in [0, 0.1) is 0 Å². The zero-order valence-electron chi connectivity index (χ0n) is 20.5. The highest BCUT2D eigenvalue weighted by atomic mass is 32.2. The fourth-order valence-corrected chi connectivity index (χ4v) is 5.42. The van der Waals surface area contributed by atoms with E-state index in [2.05, 4.69) is 19.7 Å². The lowest BCUT2D eigenvalue weighted by Crippen LogP contribution is -2.33. The molecule has 1 saturated heterocycles. The highest BCUT2D eigenvalue weighted by molar-refractivity contribution is 7.89. The molecule has 1 fully saturated rings. The Hall–Kier alpha value is -3.46. The molecule has 0 bridgehead atoms. The normalized spacial score (nSPS) is 21.7. The summed E-state index contributed by atoms with van der Waals surface area (Å²) >= 11 is 0. The molecule has 4 aromatic rings. The number of imidazole rings is 1. The number of rotatable bonds is 9. The zero-order chi connectivity index (χ0) is 26.9. The van der Waals surface area contributed by atoms with Gasteiger partial charge in [-0.1, -0.05) is 36.4 Å². The largest absolute Gasteiger partial charge is 0.394 e. The van der Waals surface area contributed by atoms with Crippen molar-refractivity contribution in [1.29, 1.82) is 0 Å². The first-order valence-electron chi connectivity index (χ1n) is 12.1. The summed E-state index contributed by atoms with van der Waals surface area (Å²) in [6.07, 6.45) is -3.30. The molecule has 5 rings (SSSR count). The number of hydrogen-bond donors (Lipinski definition) is 4. The van der Waals surface area contributed by atoms with E-state index in [1.165, 1.54) is 23.0 Å². The predicted octanol–water partition coefficient (Wildman–Crippen LogP) is 1.07. The lowest BCUT2D eigenvalue weighted by Gasteiger charge is -2.23. The molecule has 12 nitrogen and oxygen atoms in total. The van der Waals surface area contributed by atoms with Crippen molar-refractivity contribution in [2.45, 2.75) is 42.9 Å². The van der Waals surface area contributed by atoms with Gasteiger partial charge in [0.25, 0.3) is 0 Å². The monoisotopic (exact) mass is 540 g/mol. The summed E-state index contributed by atoms with van der Waals surface area (Å²) in [5.74, 6) is 0.595. The molecule has 2 aromatic carbocycles. The second-order valence-electron chi connectivity index (χ2n) is 8.73. The Morgan fingerprint density at radius 2 is 1.71 bits per heavy atom. The summed E-state index contributed by atoms with van der Waals surface area (Å²) in [6, 6.07) is 17.5. The molecular weight excluding hydrogens is 512 g/mol. The molecule has 13 heteroatoms. The second-order valence-corrected chi connectivity index (χ2v) is 10.5. The maximum absolute atomic E-state index is 12.8. The van der Waals surface area contributed by atoms with Crippen LogP contribution < -0.4 is 9.62 Å². The van der Waals surface area contributed by atoms with Crippen LogP contribution in [0.15, 0.2) is 71.9 Å². The molecule has 0 amide bonds. The van der Waals surface area contributed by atoms with Crippen molar-refractivity contribution < 1.29 is 28.5 Å². The molecule has 0 radical (unpaired) electrons. The molecule has 0 unspecified atom stereocenters. The van der Waals surface area contributed by atoms with E-state index in [4.69, 9.17) is 4.74 Å². The van der Waals surface area contributed by atoms with Crippen LogP contribution in [0.3, 0.4) is 0 Å². The third-order valence-corrected chi connectivity index (χ3v) is 7.77. The first-order valence-corrected chi connectivity index (χ1v) is 13.6. The number of nitrogens with one attached hydrogen (secondary N) is 1. The summed E-state index contributed by atoms with van der Waals surface area (Å²) in [6.45, 7) is 1.77. The molecule has 0 spiro atoms. The van der Waals surface area contributed by atoms with E-state index in [1.807, 2.05) is 42.2 Å². The molecule has 38 heavy (non-hydrogen) atoms. The average Bonchev–Trinajstić information content (AvgIpc) is 3.49. The number of aliphatic hydroxyl groups excluding tert-OH is 3. The van der Waals surface area contributed by atoms with E-state index in [-0.39, 0.29) is 22.9 Å². The number of aliphatic hydroxyl groups is 3. The van der Waals surface area contributed by atoms with Crippen molar-refractivity contribution in [3.05, 3.63) is 72.8 Å². The van der Waals surface area contributed by atoms with Crippen molar-refractivity contribution in [1.82, 2.24) is 24.2 Å². The molecular formula is C25H28N6O6S. The third kappa shape index (κ3) is 4.87. The molecule has 200 valence electrons. The minimum Gasteiger partial charge on any atom is -0.394 e. The Kier molecular flexibility index (Phi) is 7.38. The number of para-hydroxylation sites is 1. The quantitative estimate of drug-likeness (QED) is 0.242. The standard InChI is InChI=1S/C25H28N6O6S/c1-2-30(16-9-5-3-6-10-16)23-20-24(31(15-26-20)25-22(34)21(33)18(14-32)37-25)29-19(28-23)13-27-38(35,36)17-11-7-4-8-12-17/h3-12,15,18,21-22,25,27,32-34H,2,13-14H2,1H3/t18-,21-,22-,25-/m1/s1. The summed E-state index contributed by atoms with van der Waals surface area (Å²) < 4.78 is 35.4. The van der Waals surface area contributed by atoms with Crippen LogP contribution in [-0.2, 0) is 21.3 Å². The Morgan fingerprint density at radius 3 is 2.34 bits per heavy atom. The molecule has 4 atom stereocenters. The van der Waals surface area contributed by atoms with Gasteiger partial charge < -0.3 is 25.0 Å². The Bertz CT molecular complexity index is 1500. The summed E-state index contributed by atoms with van der Waals surface area (Å²) in [4.78, 5) is 15.7. The first-order chi connectivity index (χ1) is 18.3. The smallest absolute Gasteiger partial charge is 0.240 e. The van der Waals surface area contributed by atoms with Crippen LogP contribution in [0.25, 0.3) is 11.2 Å². The topological polar surface area (TPSA) is 163 Å². The molecule has 1 aliphatic rings. The number of aromatic nitrogens is 4. The Labute approximate surface area is 219 Å². The van der Waals surface area contributed by atoms with Crippen molar-refractivity contribution in [2.75, 3.05) is 18.1 Å². The van der Waals surface area contributed by atoms with Gasteiger partial charge in [-0.2, -0.15) is 0 Å². The third-order valence-electron chi connectivity index (χ3n) is 6.35. The number of hydrogen-bond acceptors (Lipinski definition) is 10. The van der Waals surface area contributed by atoms with E-state index >= 15 is 0 Å². The van der Waals surface area contributed by atoms with Gasteiger partial charge in [-0.25, -0.2) is 28.1 Å². The van der Waals surface area contributed by atoms with Crippen molar-refractivity contribution in [2.24, 2.45) is 0 Å². The molecule has 2 aromatic heterocycles. The van der Waals surface area contributed by atoms with Crippen molar-refractivity contribution in [3.63, 3.8) is 0 Å². The van der Waals surface area contributed by atoms with Crippen molar-refractivity contribution in [3.8, 4) is 0 Å². The lowest BCUT2D eigenvalue weighted by atomic mass is 10.1. The number of sulfonamides is 1. The van der Waals surface area contributed by atoms with Crippen LogP contribution in [0.1, 0.15) is 19.0 Å². The molecule has 1 aliphatic heterocycles. The van der Waals surface area contributed by atoms with E-state index in [0.717, 1.165) is 5.69 Å². The summed E-state index contributed by atoms with van der Waals surface area (Å²) in [7, 11) is -3.83. The summed E-state index contributed by atoms with van der Waals surface area (Å²) in [5.41, 5.74) is 1.50. The Balaban J connectivity index is 1.59. The van der Waals surface area contributed by atoms with Gasteiger partial charge in [-0.05, 0) is 31.2 Å². The van der Waals surface area contributed by atoms with Crippen molar-refractivity contribution >= 4 is 32.7 Å². The van der Waals surface area contributed by atoms with E-state index in [9.17, 15) is 23.7 Å². The van der Waals surface area contributed by atoms with Gasteiger partial charge in [0.1, 0.15) is 24.1 Å². The average molecular weight is 541 g/mol. The number of nitrogens with zero attached hydrogens (tertiary/aromatic N) is 5. The van der Waals surface area contributed by atoms with E-state index in [0.29, 0.717) is 17.9 Å². The van der Waals surface area contributed by atoms with Crippen LogP contribution in [0.5, 0.6) is 0 Å². The van der Waals surface area contributed by atoms with E-state index in [1.54, 1.807) is 18.2 Å². The van der Waals surface area contributed by atoms with Gasteiger partial charge in [0.15, 0.2) is 23.2 Å². The molecule has 0 saturated carbocycles. The van der Waals surface area contributed by atoms with Crippen LogP contribution in [0.2, 0.25) is 0 Å². The van der Waals surface area contributed by atoms with Gasteiger partial charge in [-0.3, -0.25) is 4.57 Å². The maximum atomic E-state index is 12.8. The molecule has 4 N–H and O–H groups in total. The zero-order valence-corrected chi connectivity index (χ0v) is 21.3. The van der Waals surface area contributed by atoms with Gasteiger partial charge in [0.05, 0.1) is 24.4 Å². The van der Waals surface area contributed by atoms with Crippen LogP contribution >= 0.6 is 0 Å². The maximum Gasteiger partial charge on any atom is 0.240 e. The first kappa shape index (κ1) is 26.2. The van der Waals surface area contributed by atoms with Crippen LogP contribution in [-0.4, -0.2) is 74.7 Å². The van der Waals surface area contributed by atoms with Gasteiger partial charge in [0, 0.05) is 12.2 Å². The molecule has 3 heterocycles.